The summed E-state index contributed by atoms with van der Waals surface area (Å²) in [7, 11) is 0. The highest BCUT2D eigenvalue weighted by Gasteiger charge is 2.22. The smallest absolute Gasteiger partial charge is 0.253 e. The number of hydrogen-bond donors (Lipinski definition) is 1. The molecule has 5 heterocycles. The fraction of sp³-hybridized carbons (Fsp3) is 0.423. The average Bonchev–Trinajstić information content (AvgIpc) is 3.53. The first-order valence-electron chi connectivity index (χ1n) is 12.5. The first-order chi connectivity index (χ1) is 17.1. The Morgan fingerprint density at radius 3 is 2.57 bits per heavy atom. The van der Waals surface area contributed by atoms with Crippen molar-refractivity contribution < 1.29 is 0 Å². The predicted octanol–water partition coefficient (Wildman–Crippen LogP) is 4.81. The van der Waals surface area contributed by atoms with Gasteiger partial charge in [-0.15, -0.1) is 11.3 Å². The minimum atomic E-state index is 0.644. The highest BCUT2D eigenvalue weighted by atomic mass is 32.1. The van der Waals surface area contributed by atoms with Crippen molar-refractivity contribution in [3.8, 4) is 17.2 Å². The molecule has 2 aliphatic heterocycles. The maximum Gasteiger partial charge on any atom is 0.253 e. The molecular formula is C26H31N7S2. The van der Waals surface area contributed by atoms with Crippen molar-refractivity contribution >= 4 is 40.2 Å². The number of rotatable bonds is 5. The minimum absolute atomic E-state index is 0.644. The lowest BCUT2D eigenvalue weighted by atomic mass is 10.1. The van der Waals surface area contributed by atoms with Gasteiger partial charge in [0, 0.05) is 62.5 Å². The lowest BCUT2D eigenvalue weighted by Gasteiger charge is -2.31. The fourth-order valence-corrected chi connectivity index (χ4v) is 6.30. The fourth-order valence-electron chi connectivity index (χ4n) is 4.96. The molecule has 0 unspecified atom stereocenters. The summed E-state index contributed by atoms with van der Waals surface area (Å²) >= 11 is 6.34. The van der Waals surface area contributed by atoms with Crippen LogP contribution in [0.3, 0.4) is 0 Å². The molecule has 0 bridgehead atoms. The van der Waals surface area contributed by atoms with E-state index in [2.05, 4.69) is 64.2 Å². The quantitative estimate of drug-likeness (QED) is 0.393. The molecule has 0 aliphatic carbocycles. The molecule has 0 saturated carbocycles. The molecule has 0 atom stereocenters. The molecule has 3 aromatic heterocycles. The number of piperidine rings is 1. The second kappa shape index (κ2) is 9.89. The van der Waals surface area contributed by atoms with Gasteiger partial charge in [0.1, 0.15) is 0 Å². The summed E-state index contributed by atoms with van der Waals surface area (Å²) in [6.07, 6.45) is 5.70. The zero-order valence-electron chi connectivity index (χ0n) is 20.1. The second-order valence-electron chi connectivity index (χ2n) is 9.57. The van der Waals surface area contributed by atoms with Gasteiger partial charge in [0.05, 0.1) is 15.9 Å². The van der Waals surface area contributed by atoms with Gasteiger partial charge in [-0.2, -0.15) is 10.1 Å². The number of aromatic nitrogens is 4. The van der Waals surface area contributed by atoms with E-state index in [0.717, 1.165) is 68.4 Å². The summed E-state index contributed by atoms with van der Waals surface area (Å²) in [6.45, 7) is 9.25. The number of benzene rings is 1. The van der Waals surface area contributed by atoms with Gasteiger partial charge in [0.2, 0.25) is 0 Å². The van der Waals surface area contributed by atoms with Crippen LogP contribution < -0.4 is 4.90 Å². The maximum absolute atomic E-state index is 5.08. The Bertz CT molecular complexity index is 1320. The van der Waals surface area contributed by atoms with E-state index in [9.17, 15) is 0 Å². The minimum Gasteiger partial charge on any atom is -0.355 e. The number of thiophene rings is 1. The van der Waals surface area contributed by atoms with Crippen LogP contribution in [0.5, 0.6) is 0 Å². The lowest BCUT2D eigenvalue weighted by Crippen LogP contribution is -2.41. The summed E-state index contributed by atoms with van der Waals surface area (Å²) in [4.78, 5) is 16.4. The van der Waals surface area contributed by atoms with E-state index < -0.39 is 0 Å². The molecule has 4 aromatic rings. The molecule has 2 saturated heterocycles. The van der Waals surface area contributed by atoms with Crippen molar-refractivity contribution in [1.82, 2.24) is 29.0 Å². The Morgan fingerprint density at radius 2 is 1.77 bits per heavy atom. The lowest BCUT2D eigenvalue weighted by molar-refractivity contribution is 0.192. The predicted molar refractivity (Wildman–Crippen MR) is 147 cm³/mol. The third-order valence-electron chi connectivity index (χ3n) is 6.88. The van der Waals surface area contributed by atoms with Crippen LogP contribution in [0, 0.1) is 6.92 Å². The standard InChI is InChI=1S/C26H31N7S2/c1-19-6-5-7-20(16-19)22-8-11-33(29-22)26-27-23-17-21(18-30-12-14-32(34)15-13-30)35-24(23)25(28-26)31-9-3-2-4-10-31/h5-8,11,16-17,34H,2-4,9-10,12-15,18H2,1H3. The van der Waals surface area contributed by atoms with Crippen LogP contribution in [0.2, 0.25) is 0 Å². The van der Waals surface area contributed by atoms with Gasteiger partial charge < -0.3 is 4.90 Å². The summed E-state index contributed by atoms with van der Waals surface area (Å²) in [5.41, 5.74) is 4.30. The number of piperazine rings is 1. The normalized spacial score (nSPS) is 17.9. The molecular weight excluding hydrogens is 474 g/mol. The van der Waals surface area contributed by atoms with E-state index in [1.807, 2.05) is 28.3 Å². The number of anilines is 1. The van der Waals surface area contributed by atoms with Crippen LogP contribution in [-0.2, 0) is 6.54 Å². The number of thiol groups is 1. The second-order valence-corrected chi connectivity index (χ2v) is 11.3. The average molecular weight is 506 g/mol. The Hall–Kier alpha value is -2.46. The monoisotopic (exact) mass is 505 g/mol. The Balaban J connectivity index is 1.36. The molecule has 182 valence electrons. The van der Waals surface area contributed by atoms with E-state index in [4.69, 9.17) is 15.1 Å². The molecule has 35 heavy (non-hydrogen) atoms. The highest BCUT2D eigenvalue weighted by molar-refractivity contribution is 7.77. The van der Waals surface area contributed by atoms with E-state index in [1.165, 1.54) is 34.4 Å². The van der Waals surface area contributed by atoms with Gasteiger partial charge in [-0.3, -0.25) is 9.21 Å². The van der Waals surface area contributed by atoms with E-state index in [1.54, 1.807) is 0 Å². The number of nitrogens with zero attached hydrogens (tertiary/aromatic N) is 7. The van der Waals surface area contributed by atoms with Crippen LogP contribution >= 0.6 is 24.2 Å². The van der Waals surface area contributed by atoms with Crippen LogP contribution in [-0.4, -0.2) is 68.2 Å². The Kier molecular flexibility index (Phi) is 6.49. The van der Waals surface area contributed by atoms with Gasteiger partial charge in [-0.05, 0) is 44.4 Å². The first-order valence-corrected chi connectivity index (χ1v) is 13.7. The first kappa shape index (κ1) is 23.0. The Labute approximate surface area is 215 Å². The third kappa shape index (κ3) is 4.95. The van der Waals surface area contributed by atoms with Crippen molar-refractivity contribution in [2.75, 3.05) is 44.2 Å². The van der Waals surface area contributed by atoms with Crippen molar-refractivity contribution in [1.29, 1.82) is 0 Å². The third-order valence-corrected chi connectivity index (χ3v) is 8.39. The number of fused-ring (bicyclic) bond motifs is 1. The van der Waals surface area contributed by atoms with Crippen molar-refractivity contribution in [2.45, 2.75) is 32.7 Å². The van der Waals surface area contributed by atoms with Crippen LogP contribution in [0.15, 0.2) is 42.6 Å². The molecule has 0 radical (unpaired) electrons. The van der Waals surface area contributed by atoms with Gasteiger partial charge in [0.15, 0.2) is 5.82 Å². The largest absolute Gasteiger partial charge is 0.355 e. The van der Waals surface area contributed by atoms with Gasteiger partial charge >= 0.3 is 0 Å². The van der Waals surface area contributed by atoms with Crippen LogP contribution in [0.1, 0.15) is 29.7 Å². The Morgan fingerprint density at radius 1 is 0.943 bits per heavy atom. The zero-order valence-corrected chi connectivity index (χ0v) is 21.8. The number of aryl methyl sites for hydroxylation is 1. The molecule has 7 nitrogen and oxygen atoms in total. The summed E-state index contributed by atoms with van der Waals surface area (Å²) in [5, 5.41) is 4.85. The molecule has 2 fully saturated rings. The van der Waals surface area contributed by atoms with Gasteiger partial charge in [0.25, 0.3) is 5.95 Å². The molecule has 0 N–H and O–H groups in total. The van der Waals surface area contributed by atoms with E-state index in [-0.39, 0.29) is 0 Å². The van der Waals surface area contributed by atoms with Crippen molar-refractivity contribution in [2.24, 2.45) is 0 Å². The summed E-state index contributed by atoms with van der Waals surface area (Å²) < 4.78 is 5.13. The molecule has 2 aliphatic rings. The summed E-state index contributed by atoms with van der Waals surface area (Å²) in [6, 6.07) is 12.7. The molecule has 0 amide bonds. The SMILES string of the molecule is Cc1cccc(-c2ccn(-c3nc(N4CCCCC4)c4sc(CN5CCN(S)CC5)cc4n3)n2)c1. The van der Waals surface area contributed by atoms with Crippen molar-refractivity contribution in [3.05, 3.63) is 53.0 Å². The number of hydrogen-bond acceptors (Lipinski definition) is 8. The van der Waals surface area contributed by atoms with E-state index >= 15 is 0 Å². The summed E-state index contributed by atoms with van der Waals surface area (Å²) in [5.74, 6) is 1.71. The topological polar surface area (TPSA) is 53.3 Å². The molecule has 0 spiro atoms. The van der Waals surface area contributed by atoms with Crippen LogP contribution in [0.4, 0.5) is 5.82 Å². The van der Waals surface area contributed by atoms with Gasteiger partial charge in [-0.1, -0.05) is 36.6 Å². The van der Waals surface area contributed by atoms with E-state index in [0.29, 0.717) is 5.95 Å². The molecule has 6 rings (SSSR count). The molecule has 1 aromatic carbocycles. The highest BCUT2D eigenvalue weighted by Crippen LogP contribution is 2.35. The van der Waals surface area contributed by atoms with Gasteiger partial charge in [-0.25, -0.2) is 9.67 Å². The van der Waals surface area contributed by atoms with Crippen LogP contribution in [0.25, 0.3) is 27.4 Å². The maximum atomic E-state index is 5.08. The van der Waals surface area contributed by atoms with Crippen molar-refractivity contribution in [3.63, 3.8) is 0 Å². The molecule has 9 heteroatoms. The zero-order chi connectivity index (χ0) is 23.8.